The van der Waals surface area contributed by atoms with E-state index < -0.39 is 5.97 Å². The zero-order chi connectivity index (χ0) is 26.0. The van der Waals surface area contributed by atoms with Crippen LogP contribution in [0.25, 0.3) is 11.2 Å². The number of carboxylic acid groups (broad SMARTS) is 1. The van der Waals surface area contributed by atoms with Crippen molar-refractivity contribution >= 4 is 34.6 Å². The summed E-state index contributed by atoms with van der Waals surface area (Å²) in [6.07, 6.45) is 12.1. The molecule has 2 unspecified atom stereocenters. The Labute approximate surface area is 221 Å². The van der Waals surface area contributed by atoms with E-state index in [1.54, 1.807) is 29.3 Å². The van der Waals surface area contributed by atoms with Gasteiger partial charge in [0.2, 0.25) is 0 Å². The molecular formula is C26H23ClN8O3. The summed E-state index contributed by atoms with van der Waals surface area (Å²) in [6, 6.07) is 5.71. The van der Waals surface area contributed by atoms with Gasteiger partial charge in [-0.2, -0.15) is 0 Å². The molecule has 12 heteroatoms. The van der Waals surface area contributed by atoms with Crippen molar-refractivity contribution in [2.75, 3.05) is 0 Å². The second-order valence-corrected chi connectivity index (χ2v) is 10.5. The number of carbonyl (C=O) groups is 2. The van der Waals surface area contributed by atoms with Gasteiger partial charge in [0.05, 0.1) is 48.4 Å². The molecule has 2 aliphatic carbocycles. The average molecular weight is 531 g/mol. The van der Waals surface area contributed by atoms with Crippen LogP contribution in [-0.2, 0) is 17.9 Å². The van der Waals surface area contributed by atoms with Crippen LogP contribution in [0.4, 0.5) is 0 Å². The fourth-order valence-corrected chi connectivity index (χ4v) is 5.21. The quantitative estimate of drug-likeness (QED) is 0.314. The van der Waals surface area contributed by atoms with Gasteiger partial charge in [-0.3, -0.25) is 9.59 Å². The fraction of sp³-hybridized carbons (Fsp3) is 0.308. The Morgan fingerprint density at radius 1 is 1.16 bits per heavy atom. The van der Waals surface area contributed by atoms with Crippen LogP contribution < -0.4 is 5.32 Å². The molecule has 192 valence electrons. The van der Waals surface area contributed by atoms with E-state index >= 15 is 0 Å². The molecule has 5 aromatic heterocycles. The SMILES string of the molecule is O=C(NCc1ncn2ccc(Cl)cc12)c1cn(Cc2cn3cc(C4CC4)cc(C4CC4C(=O)O)c3n2)nn1. The van der Waals surface area contributed by atoms with Gasteiger partial charge in [0, 0.05) is 29.5 Å². The number of hydrogen-bond donors (Lipinski definition) is 2. The Morgan fingerprint density at radius 3 is 2.82 bits per heavy atom. The van der Waals surface area contributed by atoms with Crippen LogP contribution in [0, 0.1) is 5.92 Å². The number of aliphatic carboxylic acids is 1. The first-order chi connectivity index (χ1) is 18.4. The number of pyridine rings is 2. The molecule has 2 N–H and O–H groups in total. The van der Waals surface area contributed by atoms with Crippen molar-refractivity contribution in [1.82, 2.24) is 39.1 Å². The van der Waals surface area contributed by atoms with E-state index in [2.05, 4.69) is 32.9 Å². The summed E-state index contributed by atoms with van der Waals surface area (Å²) in [6.45, 7) is 0.553. The Balaban J connectivity index is 1.08. The number of rotatable bonds is 8. The van der Waals surface area contributed by atoms with Gasteiger partial charge in [0.15, 0.2) is 5.69 Å². The van der Waals surface area contributed by atoms with Crippen LogP contribution in [0.3, 0.4) is 0 Å². The molecule has 7 rings (SSSR count). The first-order valence-electron chi connectivity index (χ1n) is 12.5. The van der Waals surface area contributed by atoms with Gasteiger partial charge < -0.3 is 19.2 Å². The van der Waals surface area contributed by atoms with Crippen LogP contribution in [0.15, 0.2) is 49.3 Å². The van der Waals surface area contributed by atoms with Crippen molar-refractivity contribution in [3.63, 3.8) is 0 Å². The Hall–Kier alpha value is -4.25. The molecule has 0 aromatic carbocycles. The maximum absolute atomic E-state index is 12.7. The first kappa shape index (κ1) is 22.9. The second-order valence-electron chi connectivity index (χ2n) is 10.1. The largest absolute Gasteiger partial charge is 0.481 e. The normalized spacial score (nSPS) is 18.8. The molecule has 0 spiro atoms. The van der Waals surface area contributed by atoms with Gasteiger partial charge >= 0.3 is 5.97 Å². The highest BCUT2D eigenvalue weighted by Crippen LogP contribution is 2.50. The number of nitrogens with zero attached hydrogens (tertiary/aromatic N) is 7. The predicted molar refractivity (Wildman–Crippen MR) is 136 cm³/mol. The summed E-state index contributed by atoms with van der Waals surface area (Å²) < 4.78 is 5.41. The minimum absolute atomic E-state index is 0.00548. The number of amides is 1. The highest BCUT2D eigenvalue weighted by molar-refractivity contribution is 6.30. The predicted octanol–water partition coefficient (Wildman–Crippen LogP) is 3.27. The zero-order valence-electron chi connectivity index (χ0n) is 20.2. The lowest BCUT2D eigenvalue weighted by molar-refractivity contribution is -0.138. The summed E-state index contributed by atoms with van der Waals surface area (Å²) in [5, 5.41) is 21.0. The van der Waals surface area contributed by atoms with Gasteiger partial charge in [-0.1, -0.05) is 22.9 Å². The average Bonchev–Trinajstić information content (AvgIpc) is 3.78. The van der Waals surface area contributed by atoms with Gasteiger partial charge in [-0.05, 0) is 48.4 Å². The van der Waals surface area contributed by atoms with Crippen LogP contribution in [0.5, 0.6) is 0 Å². The van der Waals surface area contributed by atoms with Crippen LogP contribution >= 0.6 is 11.6 Å². The Morgan fingerprint density at radius 2 is 2.03 bits per heavy atom. The van der Waals surface area contributed by atoms with Gasteiger partial charge in [0.25, 0.3) is 5.91 Å². The molecule has 2 saturated carbocycles. The molecule has 1 amide bonds. The third-order valence-electron chi connectivity index (χ3n) is 7.30. The third kappa shape index (κ3) is 4.18. The van der Waals surface area contributed by atoms with Crippen molar-refractivity contribution in [2.24, 2.45) is 5.92 Å². The smallest absolute Gasteiger partial charge is 0.307 e. The standard InChI is InChI=1S/C26H23ClN8O3/c27-16-3-4-33-13-29-21(23(33)6-16)8-28-25(36)22-12-35(32-31-22)11-17-10-34-9-15(14-1-2-14)5-19(24(34)30-17)18-7-20(18)26(37)38/h3-6,9-10,12-14,18,20H,1-2,7-8,11H2,(H,28,36)(H,37,38). The number of carbonyl (C=O) groups excluding carboxylic acids is 1. The fourth-order valence-electron chi connectivity index (χ4n) is 5.05. The van der Waals surface area contributed by atoms with E-state index in [0.29, 0.717) is 29.6 Å². The topological polar surface area (TPSA) is 132 Å². The maximum atomic E-state index is 12.7. The van der Waals surface area contributed by atoms with Crippen molar-refractivity contribution in [3.05, 3.63) is 82.5 Å². The van der Waals surface area contributed by atoms with E-state index in [4.69, 9.17) is 16.6 Å². The molecule has 0 radical (unpaired) electrons. The maximum Gasteiger partial charge on any atom is 0.307 e. The second kappa shape index (κ2) is 8.66. The van der Waals surface area contributed by atoms with E-state index in [9.17, 15) is 14.7 Å². The van der Waals surface area contributed by atoms with Crippen molar-refractivity contribution in [3.8, 4) is 0 Å². The molecule has 38 heavy (non-hydrogen) atoms. The molecule has 0 aliphatic heterocycles. The number of aromatic nitrogens is 7. The summed E-state index contributed by atoms with van der Waals surface area (Å²) in [7, 11) is 0. The highest BCUT2D eigenvalue weighted by atomic mass is 35.5. The number of halogens is 1. The van der Waals surface area contributed by atoms with Crippen molar-refractivity contribution in [1.29, 1.82) is 0 Å². The van der Waals surface area contributed by atoms with Crippen molar-refractivity contribution in [2.45, 2.75) is 44.2 Å². The molecular weight excluding hydrogens is 508 g/mol. The van der Waals surface area contributed by atoms with E-state index in [1.807, 2.05) is 21.2 Å². The molecule has 5 aromatic rings. The molecule has 0 bridgehead atoms. The molecule has 11 nitrogen and oxygen atoms in total. The Bertz CT molecular complexity index is 1730. The van der Waals surface area contributed by atoms with Crippen molar-refractivity contribution < 1.29 is 14.7 Å². The van der Waals surface area contributed by atoms with Gasteiger partial charge in [-0.15, -0.1) is 5.10 Å². The molecule has 2 fully saturated rings. The zero-order valence-corrected chi connectivity index (χ0v) is 20.9. The van der Waals surface area contributed by atoms with E-state index in [0.717, 1.165) is 35.3 Å². The number of hydrogen-bond acceptors (Lipinski definition) is 6. The molecule has 5 heterocycles. The number of carboxylic acids is 1. The van der Waals surface area contributed by atoms with E-state index in [-0.39, 0.29) is 30.0 Å². The minimum atomic E-state index is -0.755. The number of nitrogens with one attached hydrogen (secondary N) is 1. The lowest BCUT2D eigenvalue weighted by Crippen LogP contribution is -2.23. The third-order valence-corrected chi connectivity index (χ3v) is 7.53. The molecule has 2 atom stereocenters. The summed E-state index contributed by atoms with van der Waals surface area (Å²) in [5.41, 5.74) is 5.47. The van der Waals surface area contributed by atoms with Crippen LogP contribution in [0.1, 0.15) is 64.1 Å². The monoisotopic (exact) mass is 530 g/mol. The first-order valence-corrected chi connectivity index (χ1v) is 12.8. The molecule has 2 aliphatic rings. The lowest BCUT2D eigenvalue weighted by atomic mass is 10.1. The highest BCUT2D eigenvalue weighted by Gasteiger charge is 2.46. The van der Waals surface area contributed by atoms with Crippen LogP contribution in [0.2, 0.25) is 5.02 Å². The van der Waals surface area contributed by atoms with Gasteiger partial charge in [0.1, 0.15) is 5.65 Å². The molecule has 0 saturated heterocycles. The van der Waals surface area contributed by atoms with Crippen LogP contribution in [-0.4, -0.2) is 50.7 Å². The summed E-state index contributed by atoms with van der Waals surface area (Å²) in [4.78, 5) is 33.4. The number of imidazole rings is 2. The summed E-state index contributed by atoms with van der Waals surface area (Å²) >= 11 is 6.09. The van der Waals surface area contributed by atoms with Gasteiger partial charge in [-0.25, -0.2) is 14.6 Å². The lowest BCUT2D eigenvalue weighted by Gasteiger charge is -2.07. The van der Waals surface area contributed by atoms with E-state index in [1.165, 1.54) is 5.56 Å². The summed E-state index contributed by atoms with van der Waals surface area (Å²) in [5.74, 6) is -0.926. The Kier molecular flexibility index (Phi) is 5.22. The number of fused-ring (bicyclic) bond motifs is 2. The minimum Gasteiger partial charge on any atom is -0.481 e.